The van der Waals surface area contributed by atoms with Gasteiger partial charge in [-0.2, -0.15) is 0 Å². The summed E-state index contributed by atoms with van der Waals surface area (Å²) in [4.78, 5) is 27.9. The van der Waals surface area contributed by atoms with Gasteiger partial charge in [-0.3, -0.25) is 9.59 Å². The highest BCUT2D eigenvalue weighted by Crippen LogP contribution is 2.40. The van der Waals surface area contributed by atoms with Crippen LogP contribution >= 0.6 is 0 Å². The third kappa shape index (κ3) is 4.52. The lowest BCUT2D eigenvalue weighted by Gasteiger charge is -2.28. The number of hydrogen-bond donors (Lipinski definition) is 1. The molecular weight excluding hydrogens is 439 g/mol. The molecule has 0 bridgehead atoms. The number of rotatable bonds is 8. The van der Waals surface area contributed by atoms with E-state index < -0.39 is 6.04 Å². The Morgan fingerprint density at radius 3 is 2.24 bits per heavy atom. The fourth-order valence-corrected chi connectivity index (χ4v) is 4.16. The Kier molecular flexibility index (Phi) is 6.67. The van der Waals surface area contributed by atoms with Crippen LogP contribution < -0.4 is 19.5 Å². The maximum atomic E-state index is 13.6. The maximum Gasteiger partial charge on any atom is 0.255 e. The second kappa shape index (κ2) is 9.82. The number of amides is 2. The van der Waals surface area contributed by atoms with Crippen LogP contribution in [0.5, 0.6) is 17.2 Å². The summed E-state index contributed by atoms with van der Waals surface area (Å²) in [5.41, 5.74) is 2.63. The molecule has 0 unspecified atom stereocenters. The molecule has 1 heterocycles. The molecule has 0 aliphatic carbocycles. The van der Waals surface area contributed by atoms with Crippen LogP contribution in [-0.2, 0) is 11.3 Å². The van der Waals surface area contributed by atoms with Crippen LogP contribution in [0.25, 0.3) is 0 Å². The summed E-state index contributed by atoms with van der Waals surface area (Å²) >= 11 is 0. The van der Waals surface area contributed by atoms with Crippen LogP contribution in [0, 0.1) is 5.82 Å². The van der Waals surface area contributed by atoms with E-state index in [1.54, 1.807) is 35.2 Å². The standard InChI is InChI=1S/C26H25FN2O5/c1-32-22-12-19(13-23(33-2)25(22)34-3)28-24(30)14-21(16-8-10-18(27)11-9-16)29-15-17-6-4-5-7-20(17)26(29)31/h4-13,21H,14-15H2,1-3H3,(H,28,30)/t21-/m0/s1. The number of carbonyl (C=O) groups excluding carboxylic acids is 2. The number of halogens is 1. The van der Waals surface area contributed by atoms with Crippen LogP contribution in [0.2, 0.25) is 0 Å². The molecule has 0 saturated carbocycles. The molecule has 176 valence electrons. The smallest absolute Gasteiger partial charge is 0.255 e. The molecule has 0 saturated heterocycles. The first kappa shape index (κ1) is 23.1. The van der Waals surface area contributed by atoms with E-state index in [2.05, 4.69) is 5.32 Å². The normalized spacial score (nSPS) is 13.3. The number of benzene rings is 3. The van der Waals surface area contributed by atoms with Crippen LogP contribution in [0.15, 0.2) is 60.7 Å². The zero-order chi connectivity index (χ0) is 24.2. The van der Waals surface area contributed by atoms with E-state index in [0.717, 1.165) is 5.56 Å². The summed E-state index contributed by atoms with van der Waals surface area (Å²) in [5, 5.41) is 2.85. The minimum Gasteiger partial charge on any atom is -0.493 e. The first-order valence-electron chi connectivity index (χ1n) is 10.7. The van der Waals surface area contributed by atoms with Gasteiger partial charge in [0.25, 0.3) is 5.91 Å². The quantitative estimate of drug-likeness (QED) is 0.528. The Balaban J connectivity index is 1.61. The van der Waals surface area contributed by atoms with E-state index in [4.69, 9.17) is 14.2 Å². The Morgan fingerprint density at radius 2 is 1.65 bits per heavy atom. The van der Waals surface area contributed by atoms with Gasteiger partial charge < -0.3 is 24.4 Å². The predicted molar refractivity (Wildman–Crippen MR) is 125 cm³/mol. The monoisotopic (exact) mass is 464 g/mol. The van der Waals surface area contributed by atoms with E-state index in [1.807, 2.05) is 18.2 Å². The van der Waals surface area contributed by atoms with E-state index >= 15 is 0 Å². The molecule has 7 nitrogen and oxygen atoms in total. The highest BCUT2D eigenvalue weighted by Gasteiger charge is 2.34. The molecule has 8 heteroatoms. The van der Waals surface area contributed by atoms with Crippen molar-refractivity contribution in [3.63, 3.8) is 0 Å². The van der Waals surface area contributed by atoms with E-state index in [9.17, 15) is 14.0 Å². The number of ether oxygens (including phenoxy) is 3. The molecule has 1 atom stereocenters. The van der Waals surface area contributed by atoms with Gasteiger partial charge in [-0.1, -0.05) is 30.3 Å². The van der Waals surface area contributed by atoms with E-state index in [0.29, 0.717) is 40.6 Å². The van der Waals surface area contributed by atoms with Gasteiger partial charge in [-0.15, -0.1) is 0 Å². The molecule has 34 heavy (non-hydrogen) atoms. The molecular formula is C26H25FN2O5. The average molecular weight is 464 g/mol. The largest absolute Gasteiger partial charge is 0.493 e. The first-order chi connectivity index (χ1) is 16.4. The van der Waals surface area contributed by atoms with Crippen molar-refractivity contribution >= 4 is 17.5 Å². The van der Waals surface area contributed by atoms with Crippen molar-refractivity contribution in [3.05, 3.63) is 83.2 Å². The summed E-state index contributed by atoms with van der Waals surface area (Å²) in [6.07, 6.45) is -0.0258. The third-order valence-corrected chi connectivity index (χ3v) is 5.81. The number of nitrogens with one attached hydrogen (secondary N) is 1. The number of nitrogens with zero attached hydrogens (tertiary/aromatic N) is 1. The van der Waals surface area contributed by atoms with Gasteiger partial charge in [0, 0.05) is 29.9 Å². The van der Waals surface area contributed by atoms with Gasteiger partial charge in [-0.25, -0.2) is 4.39 Å². The van der Waals surface area contributed by atoms with Crippen molar-refractivity contribution in [3.8, 4) is 17.2 Å². The average Bonchev–Trinajstić information content (AvgIpc) is 3.18. The van der Waals surface area contributed by atoms with Crippen LogP contribution in [0.1, 0.15) is 33.9 Å². The third-order valence-electron chi connectivity index (χ3n) is 5.81. The lowest BCUT2D eigenvalue weighted by molar-refractivity contribution is -0.117. The van der Waals surface area contributed by atoms with Crippen molar-refractivity contribution in [2.75, 3.05) is 26.6 Å². The second-order valence-electron chi connectivity index (χ2n) is 7.82. The van der Waals surface area contributed by atoms with Gasteiger partial charge in [0.2, 0.25) is 11.7 Å². The summed E-state index contributed by atoms with van der Waals surface area (Å²) < 4.78 is 29.6. The SMILES string of the molecule is COc1cc(NC(=O)C[C@@H](c2ccc(F)cc2)N2Cc3ccccc3C2=O)cc(OC)c1OC. The zero-order valence-corrected chi connectivity index (χ0v) is 19.1. The van der Waals surface area contributed by atoms with Gasteiger partial charge in [0.05, 0.1) is 33.8 Å². The molecule has 1 aliphatic rings. The number of methoxy groups -OCH3 is 3. The molecule has 2 amide bonds. The predicted octanol–water partition coefficient (Wildman–Crippen LogP) is 4.58. The molecule has 1 N–H and O–H groups in total. The Hall–Kier alpha value is -4.07. The number of anilines is 1. The lowest BCUT2D eigenvalue weighted by Crippen LogP contribution is -2.32. The maximum absolute atomic E-state index is 13.6. The second-order valence-corrected chi connectivity index (χ2v) is 7.82. The summed E-state index contributed by atoms with van der Waals surface area (Å²) in [6, 6.07) is 15.9. The lowest BCUT2D eigenvalue weighted by atomic mass is 10.0. The molecule has 3 aromatic carbocycles. The highest BCUT2D eigenvalue weighted by molar-refractivity contribution is 5.99. The van der Waals surface area contributed by atoms with Crippen LogP contribution in [-0.4, -0.2) is 38.0 Å². The van der Waals surface area contributed by atoms with Gasteiger partial charge in [0.15, 0.2) is 11.5 Å². The van der Waals surface area contributed by atoms with Gasteiger partial charge in [-0.05, 0) is 29.3 Å². The van der Waals surface area contributed by atoms with Crippen LogP contribution in [0.3, 0.4) is 0 Å². The van der Waals surface area contributed by atoms with E-state index in [1.165, 1.54) is 33.5 Å². The minimum atomic E-state index is -0.581. The van der Waals surface area contributed by atoms with Gasteiger partial charge in [0.1, 0.15) is 5.82 Å². The summed E-state index contributed by atoms with van der Waals surface area (Å²) in [6.45, 7) is 0.370. The Morgan fingerprint density at radius 1 is 1.00 bits per heavy atom. The molecule has 0 radical (unpaired) electrons. The molecule has 0 fully saturated rings. The molecule has 0 aromatic heterocycles. The topological polar surface area (TPSA) is 77.1 Å². The zero-order valence-electron chi connectivity index (χ0n) is 19.1. The van der Waals surface area contributed by atoms with Crippen molar-refractivity contribution in [2.45, 2.75) is 19.0 Å². The van der Waals surface area contributed by atoms with E-state index in [-0.39, 0.29) is 24.1 Å². The van der Waals surface area contributed by atoms with Crippen molar-refractivity contribution in [2.24, 2.45) is 0 Å². The van der Waals surface area contributed by atoms with Gasteiger partial charge >= 0.3 is 0 Å². The number of carbonyl (C=O) groups is 2. The van der Waals surface area contributed by atoms with Crippen molar-refractivity contribution in [1.29, 1.82) is 0 Å². The van der Waals surface area contributed by atoms with Crippen molar-refractivity contribution < 1.29 is 28.2 Å². The Labute approximate surface area is 197 Å². The summed E-state index contributed by atoms with van der Waals surface area (Å²) in [7, 11) is 4.48. The molecule has 3 aromatic rings. The molecule has 1 aliphatic heterocycles. The first-order valence-corrected chi connectivity index (χ1v) is 10.7. The Bertz CT molecular complexity index is 1190. The molecule has 4 rings (SSSR count). The van der Waals surface area contributed by atoms with Crippen molar-refractivity contribution in [1.82, 2.24) is 4.90 Å². The highest BCUT2D eigenvalue weighted by atomic mass is 19.1. The van der Waals surface area contributed by atoms with Crippen LogP contribution in [0.4, 0.5) is 10.1 Å². The number of fused-ring (bicyclic) bond motifs is 1. The molecule has 0 spiro atoms. The number of hydrogen-bond acceptors (Lipinski definition) is 5. The summed E-state index contributed by atoms with van der Waals surface area (Å²) in [5.74, 6) is 0.334. The fraction of sp³-hybridized carbons (Fsp3) is 0.231. The minimum absolute atomic E-state index is 0.0258. The fourth-order valence-electron chi connectivity index (χ4n) is 4.16.